The Morgan fingerprint density at radius 2 is 1.66 bits per heavy atom. The standard InChI is InChI=1S/C41H35F3N4O5/c1-24-6-4-7-28(20-24)52-27-11-8-25(9-12-27)36-35(37(50)45-2)31-22-29(32(48-38(31)53-36)14-15-41(42,43)44)26-10-13-34(51-3)30(21-26)33(49)23-40(16-17-40)39-46-18-5-19-47-39/h4-13,18-22H,14-17,23H2,1-3H3,(H,45,50). The number of halogens is 3. The van der Waals surface area contributed by atoms with Gasteiger partial charge >= 0.3 is 6.18 Å². The first-order valence-electron chi connectivity index (χ1n) is 17.1. The van der Waals surface area contributed by atoms with Crippen molar-refractivity contribution in [3.8, 4) is 39.7 Å². The normalized spacial score (nSPS) is 13.5. The van der Waals surface area contributed by atoms with Gasteiger partial charge in [-0.2, -0.15) is 13.2 Å². The average molecular weight is 721 g/mol. The molecule has 1 amide bonds. The van der Waals surface area contributed by atoms with Crippen LogP contribution in [0.5, 0.6) is 17.2 Å². The van der Waals surface area contributed by atoms with E-state index >= 15 is 0 Å². The SMILES string of the molecule is CNC(=O)c1c(-c2ccc(Oc3cccc(C)c3)cc2)oc2nc(CCC(F)(F)F)c(-c3ccc(OC)c(C(=O)CC4(c5ncccn5)CC4)c3)cc12. The van der Waals surface area contributed by atoms with Crippen LogP contribution in [0.4, 0.5) is 13.2 Å². The van der Waals surface area contributed by atoms with Crippen molar-refractivity contribution >= 4 is 22.8 Å². The number of Topliss-reactive ketones (excluding diaryl/α,β-unsaturated/α-hetero) is 1. The average Bonchev–Trinajstić information content (AvgIpc) is 3.84. The highest BCUT2D eigenvalue weighted by atomic mass is 19.4. The van der Waals surface area contributed by atoms with E-state index in [0.29, 0.717) is 45.1 Å². The summed E-state index contributed by atoms with van der Waals surface area (Å²) in [5.41, 5.74) is 2.37. The summed E-state index contributed by atoms with van der Waals surface area (Å²) in [6, 6.07) is 22.7. The zero-order chi connectivity index (χ0) is 37.3. The Morgan fingerprint density at radius 3 is 2.32 bits per heavy atom. The molecule has 3 heterocycles. The second kappa shape index (κ2) is 14.2. The van der Waals surface area contributed by atoms with Gasteiger partial charge in [0.05, 0.1) is 29.3 Å². The van der Waals surface area contributed by atoms with E-state index in [1.807, 2.05) is 31.2 Å². The Kier molecular flexibility index (Phi) is 9.46. The molecule has 0 aliphatic heterocycles. The van der Waals surface area contributed by atoms with Gasteiger partial charge in [0.15, 0.2) is 5.78 Å². The van der Waals surface area contributed by atoms with Gasteiger partial charge in [-0.1, -0.05) is 18.2 Å². The third-order valence-electron chi connectivity index (χ3n) is 9.41. The number of fused-ring (bicyclic) bond motifs is 1. The van der Waals surface area contributed by atoms with E-state index in [1.54, 1.807) is 67.0 Å². The van der Waals surface area contributed by atoms with Crippen LogP contribution in [-0.4, -0.2) is 47.0 Å². The molecule has 0 radical (unpaired) electrons. The molecule has 0 atom stereocenters. The summed E-state index contributed by atoms with van der Waals surface area (Å²) in [5, 5.41) is 2.94. The van der Waals surface area contributed by atoms with Gasteiger partial charge in [-0.25, -0.2) is 15.0 Å². The number of hydrogen-bond donors (Lipinski definition) is 1. The molecule has 1 saturated carbocycles. The fourth-order valence-electron chi connectivity index (χ4n) is 6.50. The number of methoxy groups -OCH3 is 1. The third kappa shape index (κ3) is 7.48. The van der Waals surface area contributed by atoms with Crippen molar-refractivity contribution in [1.82, 2.24) is 20.3 Å². The first-order chi connectivity index (χ1) is 25.5. The van der Waals surface area contributed by atoms with Crippen LogP contribution in [0.25, 0.3) is 33.6 Å². The number of amides is 1. The molecule has 0 saturated heterocycles. The second-order valence-corrected chi connectivity index (χ2v) is 13.1. The van der Waals surface area contributed by atoms with E-state index in [1.165, 1.54) is 14.2 Å². The summed E-state index contributed by atoms with van der Waals surface area (Å²) >= 11 is 0. The van der Waals surface area contributed by atoms with E-state index in [0.717, 1.165) is 18.4 Å². The van der Waals surface area contributed by atoms with Crippen LogP contribution in [0, 0.1) is 6.92 Å². The first kappa shape index (κ1) is 35.4. The molecule has 53 heavy (non-hydrogen) atoms. The van der Waals surface area contributed by atoms with Crippen molar-refractivity contribution < 1.29 is 36.7 Å². The van der Waals surface area contributed by atoms with E-state index < -0.39 is 30.3 Å². The highest BCUT2D eigenvalue weighted by Crippen LogP contribution is 2.50. The Labute approximate surface area is 303 Å². The second-order valence-electron chi connectivity index (χ2n) is 13.1. The molecule has 3 aromatic heterocycles. The van der Waals surface area contributed by atoms with Crippen molar-refractivity contribution in [3.63, 3.8) is 0 Å². The smallest absolute Gasteiger partial charge is 0.389 e. The van der Waals surface area contributed by atoms with Crippen LogP contribution < -0.4 is 14.8 Å². The number of ketones is 1. The number of carbonyl (C=O) groups excluding carboxylic acids is 2. The van der Waals surface area contributed by atoms with Gasteiger partial charge in [0.2, 0.25) is 5.71 Å². The highest BCUT2D eigenvalue weighted by molar-refractivity contribution is 6.11. The summed E-state index contributed by atoms with van der Waals surface area (Å²) in [7, 11) is 2.93. The van der Waals surface area contributed by atoms with Gasteiger partial charge in [-0.15, -0.1) is 0 Å². The lowest BCUT2D eigenvalue weighted by Crippen LogP contribution is -2.18. The maximum absolute atomic E-state index is 13.9. The molecule has 1 fully saturated rings. The first-order valence-corrected chi connectivity index (χ1v) is 17.1. The lowest BCUT2D eigenvalue weighted by Gasteiger charge is -2.16. The summed E-state index contributed by atoms with van der Waals surface area (Å²) in [6.45, 7) is 1.96. The van der Waals surface area contributed by atoms with E-state index in [2.05, 4.69) is 20.3 Å². The summed E-state index contributed by atoms with van der Waals surface area (Å²) in [4.78, 5) is 40.7. The number of carbonyl (C=O) groups is 2. The van der Waals surface area contributed by atoms with E-state index in [4.69, 9.17) is 13.9 Å². The topological polar surface area (TPSA) is 116 Å². The zero-order valence-electron chi connectivity index (χ0n) is 29.2. The predicted octanol–water partition coefficient (Wildman–Crippen LogP) is 9.22. The van der Waals surface area contributed by atoms with Crippen LogP contribution in [-0.2, 0) is 11.8 Å². The molecule has 0 unspecified atom stereocenters. The van der Waals surface area contributed by atoms with Crippen molar-refractivity contribution in [3.05, 3.63) is 119 Å². The van der Waals surface area contributed by atoms with Crippen LogP contribution in [0.3, 0.4) is 0 Å². The van der Waals surface area contributed by atoms with Gasteiger partial charge in [0.1, 0.15) is 28.8 Å². The molecule has 0 spiro atoms. The molecule has 9 nitrogen and oxygen atoms in total. The molecule has 6 aromatic rings. The highest BCUT2D eigenvalue weighted by Gasteiger charge is 2.48. The fraction of sp³-hybridized carbons (Fsp3) is 0.244. The van der Waals surface area contributed by atoms with Gasteiger partial charge < -0.3 is 19.2 Å². The number of pyridine rings is 1. The maximum atomic E-state index is 13.9. The lowest BCUT2D eigenvalue weighted by molar-refractivity contribution is -0.134. The zero-order valence-corrected chi connectivity index (χ0v) is 29.2. The molecule has 1 aliphatic rings. The molecule has 1 N–H and O–H groups in total. The summed E-state index contributed by atoms with van der Waals surface area (Å²) < 4.78 is 58.5. The molecular formula is C41H35F3N4O5. The third-order valence-corrected chi connectivity index (χ3v) is 9.41. The van der Waals surface area contributed by atoms with Crippen LogP contribution in [0.15, 0.2) is 95.7 Å². The van der Waals surface area contributed by atoms with Gasteiger partial charge in [-0.3, -0.25) is 9.59 Å². The van der Waals surface area contributed by atoms with Crippen LogP contribution >= 0.6 is 0 Å². The van der Waals surface area contributed by atoms with E-state index in [9.17, 15) is 22.8 Å². The van der Waals surface area contributed by atoms with Gasteiger partial charge in [-0.05, 0) is 98.0 Å². The van der Waals surface area contributed by atoms with Crippen molar-refractivity contribution in [2.45, 2.75) is 50.6 Å². The number of hydrogen-bond acceptors (Lipinski definition) is 8. The van der Waals surface area contributed by atoms with Crippen LogP contribution in [0.2, 0.25) is 0 Å². The minimum atomic E-state index is -4.46. The number of ether oxygens (including phenoxy) is 2. The maximum Gasteiger partial charge on any atom is 0.389 e. The van der Waals surface area contributed by atoms with Gasteiger partial charge in [0, 0.05) is 48.8 Å². The van der Waals surface area contributed by atoms with E-state index in [-0.39, 0.29) is 40.5 Å². The molecular weight excluding hydrogens is 685 g/mol. The predicted molar refractivity (Wildman–Crippen MR) is 192 cm³/mol. The number of furan rings is 1. The number of rotatable bonds is 12. The molecule has 3 aromatic carbocycles. The van der Waals surface area contributed by atoms with Crippen molar-refractivity contribution in [1.29, 1.82) is 0 Å². The number of alkyl halides is 3. The van der Waals surface area contributed by atoms with Gasteiger partial charge in [0.25, 0.3) is 5.91 Å². The number of nitrogens with zero attached hydrogens (tertiary/aromatic N) is 3. The fourth-order valence-corrected chi connectivity index (χ4v) is 6.50. The summed E-state index contributed by atoms with van der Waals surface area (Å²) in [5.74, 6) is 1.64. The number of benzene rings is 3. The molecule has 270 valence electrons. The quantitative estimate of drug-likeness (QED) is 0.124. The minimum absolute atomic E-state index is 0.00274. The lowest BCUT2D eigenvalue weighted by atomic mass is 9.91. The molecule has 1 aliphatic carbocycles. The Morgan fingerprint density at radius 1 is 0.925 bits per heavy atom. The molecule has 0 bridgehead atoms. The van der Waals surface area contributed by atoms with Crippen LogP contribution in [0.1, 0.15) is 63.5 Å². The Bertz CT molecular complexity index is 2320. The Balaban J connectivity index is 1.31. The minimum Gasteiger partial charge on any atom is -0.496 e. The molecule has 7 rings (SSSR count). The largest absolute Gasteiger partial charge is 0.496 e. The monoisotopic (exact) mass is 720 g/mol. The Hall–Kier alpha value is -6.04. The molecule has 12 heteroatoms. The van der Waals surface area contributed by atoms with Crippen molar-refractivity contribution in [2.24, 2.45) is 0 Å². The van der Waals surface area contributed by atoms with Crippen molar-refractivity contribution in [2.75, 3.05) is 14.2 Å². The number of aryl methyl sites for hydroxylation is 2. The number of aromatic nitrogens is 3. The summed E-state index contributed by atoms with van der Waals surface area (Å²) in [6.07, 6.45) is -1.14. The number of nitrogens with one attached hydrogen (secondary N) is 1.